The van der Waals surface area contributed by atoms with Crippen LogP contribution in [0.4, 0.5) is 0 Å². The van der Waals surface area contributed by atoms with Crippen LogP contribution in [0.3, 0.4) is 0 Å². The monoisotopic (exact) mass is 792 g/mol. The average molecular weight is 796 g/mol. The van der Waals surface area contributed by atoms with Gasteiger partial charge in [-0.15, -0.1) is 0 Å². The first-order valence-electron chi connectivity index (χ1n) is 12.1. The summed E-state index contributed by atoms with van der Waals surface area (Å²) in [6, 6.07) is 8.19. The number of carbonyl (C=O) groups excluding carboxylic acids is 2. The number of esters is 2. The summed E-state index contributed by atoms with van der Waals surface area (Å²) < 4.78 is 25.1. The molecule has 0 aromatic heterocycles. The Hall–Kier alpha value is -1.62. The van der Waals surface area contributed by atoms with Gasteiger partial charge in [-0.1, -0.05) is 27.0 Å². The highest BCUT2D eigenvalue weighted by molar-refractivity contribution is 9.11. The summed E-state index contributed by atoms with van der Waals surface area (Å²) in [4.78, 5) is 23.0. The van der Waals surface area contributed by atoms with Crippen LogP contribution in [-0.4, -0.2) is 38.4 Å². The fourth-order valence-electron chi connectivity index (χ4n) is 3.67. The Labute approximate surface area is 264 Å². The summed E-state index contributed by atoms with van der Waals surface area (Å²) >= 11 is 14.4. The van der Waals surface area contributed by atoms with Crippen molar-refractivity contribution in [2.24, 2.45) is 5.41 Å². The van der Waals surface area contributed by atoms with Crippen molar-refractivity contribution in [2.45, 2.75) is 40.5 Å². The molecule has 0 aliphatic carbocycles. The van der Waals surface area contributed by atoms with Gasteiger partial charge >= 0.3 is 11.9 Å². The van der Waals surface area contributed by atoms with Crippen LogP contribution in [0.25, 0.3) is 0 Å². The van der Waals surface area contributed by atoms with E-state index in [4.69, 9.17) is 18.9 Å². The number of halogens is 4. The first-order valence-corrected chi connectivity index (χ1v) is 15.2. The zero-order valence-corrected chi connectivity index (χ0v) is 28.8. The van der Waals surface area contributed by atoms with Crippen molar-refractivity contribution >= 4 is 75.7 Å². The zero-order chi connectivity index (χ0) is 29.3. The molecule has 0 unspecified atom stereocenters. The van der Waals surface area contributed by atoms with Gasteiger partial charge in [-0.25, -0.2) is 9.59 Å². The lowest BCUT2D eigenvalue weighted by Crippen LogP contribution is -2.19. The molecule has 2 aromatic rings. The molecular formula is C29H32Br4O6. The van der Waals surface area contributed by atoms with Crippen LogP contribution in [0.2, 0.25) is 0 Å². The van der Waals surface area contributed by atoms with E-state index in [0.717, 1.165) is 41.9 Å². The van der Waals surface area contributed by atoms with Crippen molar-refractivity contribution in [2.75, 3.05) is 26.4 Å². The van der Waals surface area contributed by atoms with E-state index in [1.165, 1.54) is 0 Å². The first kappa shape index (κ1) is 33.6. The maximum atomic E-state index is 11.5. The van der Waals surface area contributed by atoms with Crippen LogP contribution in [0.5, 0.6) is 11.5 Å². The first-order chi connectivity index (χ1) is 18.2. The SMILES string of the molecule is C=C(C)C(=O)OCCOc1c(Br)cc(CC(C)(C)Cc2cc(Br)c(OCCOC(=O)C(=C)C)c(Br)c2)cc1Br. The Morgan fingerprint density at radius 2 is 0.974 bits per heavy atom. The van der Waals surface area contributed by atoms with Crippen molar-refractivity contribution in [1.29, 1.82) is 0 Å². The fraction of sp³-hybridized carbons (Fsp3) is 0.379. The number of ether oxygens (including phenoxy) is 4. The third kappa shape index (κ3) is 11.1. The molecule has 0 fully saturated rings. The van der Waals surface area contributed by atoms with Crippen molar-refractivity contribution in [1.82, 2.24) is 0 Å². The van der Waals surface area contributed by atoms with Gasteiger partial charge in [-0.3, -0.25) is 0 Å². The maximum absolute atomic E-state index is 11.5. The molecule has 0 aliphatic rings. The number of benzene rings is 2. The molecule has 0 amide bonds. The normalized spacial score (nSPS) is 11.1. The second kappa shape index (κ2) is 15.4. The molecule has 0 atom stereocenters. The average Bonchev–Trinajstić information content (AvgIpc) is 2.80. The van der Waals surface area contributed by atoms with Gasteiger partial charge in [-0.05, 0) is 131 Å². The van der Waals surface area contributed by atoms with Gasteiger partial charge in [0.2, 0.25) is 0 Å². The lowest BCUT2D eigenvalue weighted by atomic mass is 9.80. The van der Waals surface area contributed by atoms with Crippen molar-refractivity contribution in [3.05, 3.63) is 77.6 Å². The van der Waals surface area contributed by atoms with Crippen LogP contribution >= 0.6 is 63.7 Å². The third-order valence-corrected chi connectivity index (χ3v) is 7.66. The Bertz CT molecular complexity index is 1100. The summed E-state index contributed by atoms with van der Waals surface area (Å²) in [6.07, 6.45) is 1.64. The molecule has 0 saturated heterocycles. The zero-order valence-electron chi connectivity index (χ0n) is 22.4. The van der Waals surface area contributed by atoms with Crippen molar-refractivity contribution in [3.8, 4) is 11.5 Å². The van der Waals surface area contributed by atoms with E-state index in [1.54, 1.807) is 13.8 Å². The Balaban J connectivity index is 2.00. The predicted molar refractivity (Wildman–Crippen MR) is 167 cm³/mol. The second-order valence-electron chi connectivity index (χ2n) is 9.82. The molecule has 10 heteroatoms. The summed E-state index contributed by atoms with van der Waals surface area (Å²) in [5, 5.41) is 0. The molecule has 0 aliphatic heterocycles. The van der Waals surface area contributed by atoms with Gasteiger partial charge in [0.1, 0.15) is 37.9 Å². The Morgan fingerprint density at radius 1 is 0.667 bits per heavy atom. The number of hydrogen-bond donors (Lipinski definition) is 0. The van der Waals surface area contributed by atoms with Crippen LogP contribution in [0.1, 0.15) is 38.8 Å². The lowest BCUT2D eigenvalue weighted by molar-refractivity contribution is -0.140. The lowest BCUT2D eigenvalue weighted by Gasteiger charge is -2.26. The summed E-state index contributed by atoms with van der Waals surface area (Å²) in [5.74, 6) is 0.441. The minimum Gasteiger partial charge on any atom is -0.488 e. The molecule has 0 spiro atoms. The predicted octanol–water partition coefficient (Wildman–Crippen LogP) is 8.54. The van der Waals surface area contributed by atoms with Gasteiger partial charge in [-0.2, -0.15) is 0 Å². The maximum Gasteiger partial charge on any atom is 0.333 e. The minimum atomic E-state index is -0.433. The summed E-state index contributed by atoms with van der Waals surface area (Å²) in [5.41, 5.74) is 2.93. The van der Waals surface area contributed by atoms with Crippen LogP contribution in [-0.2, 0) is 31.9 Å². The van der Waals surface area contributed by atoms with Gasteiger partial charge < -0.3 is 18.9 Å². The van der Waals surface area contributed by atoms with Crippen LogP contribution in [0, 0.1) is 5.41 Å². The Morgan fingerprint density at radius 3 is 1.26 bits per heavy atom. The summed E-state index contributed by atoms with van der Waals surface area (Å²) in [7, 11) is 0. The molecular weight excluding hydrogens is 764 g/mol. The molecule has 0 radical (unpaired) electrons. The topological polar surface area (TPSA) is 71.1 Å². The van der Waals surface area contributed by atoms with Crippen LogP contribution in [0.15, 0.2) is 66.5 Å². The molecule has 39 heavy (non-hydrogen) atoms. The number of hydrogen-bond acceptors (Lipinski definition) is 6. The summed E-state index contributed by atoms with van der Waals surface area (Å²) in [6.45, 7) is 15.5. The molecule has 2 aromatic carbocycles. The molecule has 2 rings (SSSR count). The highest BCUT2D eigenvalue weighted by atomic mass is 79.9. The molecule has 0 bridgehead atoms. The van der Waals surface area contributed by atoms with E-state index >= 15 is 0 Å². The smallest absolute Gasteiger partial charge is 0.333 e. The van der Waals surface area contributed by atoms with Crippen LogP contribution < -0.4 is 9.47 Å². The van der Waals surface area contributed by atoms with E-state index in [-0.39, 0.29) is 31.8 Å². The van der Waals surface area contributed by atoms with E-state index in [2.05, 4.69) is 90.7 Å². The third-order valence-electron chi connectivity index (χ3n) is 5.30. The number of rotatable bonds is 14. The number of carbonyl (C=O) groups is 2. The van der Waals surface area contributed by atoms with E-state index in [9.17, 15) is 9.59 Å². The standard InChI is InChI=1S/C29H32Br4O6/c1-17(2)27(34)38-9-7-36-25-21(30)11-19(12-22(25)31)15-29(5,6)16-20-13-23(32)26(24(33)14-20)37-8-10-39-28(35)18(3)4/h11-14H,1,3,7-10,15-16H2,2,4-6H3. The van der Waals surface area contributed by atoms with Crippen molar-refractivity contribution < 1.29 is 28.5 Å². The van der Waals surface area contributed by atoms with E-state index in [0.29, 0.717) is 22.6 Å². The van der Waals surface area contributed by atoms with E-state index in [1.807, 2.05) is 24.3 Å². The van der Waals surface area contributed by atoms with Gasteiger partial charge in [0.15, 0.2) is 0 Å². The quantitative estimate of drug-likeness (QED) is 0.109. The van der Waals surface area contributed by atoms with Gasteiger partial charge in [0.05, 0.1) is 17.9 Å². The molecule has 6 nitrogen and oxygen atoms in total. The highest BCUT2D eigenvalue weighted by Gasteiger charge is 2.22. The van der Waals surface area contributed by atoms with Crippen molar-refractivity contribution in [3.63, 3.8) is 0 Å². The minimum absolute atomic E-state index is 0.0595. The molecule has 212 valence electrons. The largest absolute Gasteiger partial charge is 0.488 e. The molecule has 0 saturated carbocycles. The highest BCUT2D eigenvalue weighted by Crippen LogP contribution is 2.39. The molecule has 0 heterocycles. The van der Waals surface area contributed by atoms with E-state index < -0.39 is 11.9 Å². The molecule has 0 N–H and O–H groups in total. The Kier molecular flexibility index (Phi) is 13.3. The fourth-order valence-corrected chi connectivity index (χ4v) is 6.70. The van der Waals surface area contributed by atoms with Gasteiger partial charge in [0, 0.05) is 11.1 Å². The van der Waals surface area contributed by atoms with Gasteiger partial charge in [0.25, 0.3) is 0 Å². The second-order valence-corrected chi connectivity index (χ2v) is 13.2.